The van der Waals surface area contributed by atoms with Crippen molar-refractivity contribution in [3.05, 3.63) is 22.4 Å². The SMILES string of the molecule is O=S(Cc1ccsc1)CC1CNC1. The van der Waals surface area contributed by atoms with Crippen LogP contribution in [0.2, 0.25) is 0 Å². The Labute approximate surface area is 84.8 Å². The van der Waals surface area contributed by atoms with Crippen LogP contribution in [0.3, 0.4) is 0 Å². The second kappa shape index (κ2) is 4.35. The molecule has 13 heavy (non-hydrogen) atoms. The van der Waals surface area contributed by atoms with E-state index >= 15 is 0 Å². The molecule has 1 saturated heterocycles. The summed E-state index contributed by atoms with van der Waals surface area (Å²) in [5, 5.41) is 7.31. The molecule has 2 nitrogen and oxygen atoms in total. The van der Waals surface area contributed by atoms with Gasteiger partial charge in [-0.15, -0.1) is 0 Å². The van der Waals surface area contributed by atoms with Gasteiger partial charge < -0.3 is 5.32 Å². The van der Waals surface area contributed by atoms with Gasteiger partial charge in [0.2, 0.25) is 0 Å². The van der Waals surface area contributed by atoms with Crippen LogP contribution < -0.4 is 5.32 Å². The van der Waals surface area contributed by atoms with E-state index in [9.17, 15) is 4.21 Å². The van der Waals surface area contributed by atoms with E-state index in [1.54, 1.807) is 11.3 Å². The van der Waals surface area contributed by atoms with Crippen LogP contribution in [0.15, 0.2) is 16.8 Å². The van der Waals surface area contributed by atoms with Gasteiger partial charge in [0.25, 0.3) is 0 Å². The lowest BCUT2D eigenvalue weighted by molar-refractivity contribution is 0.382. The van der Waals surface area contributed by atoms with Crippen LogP contribution in [-0.4, -0.2) is 23.1 Å². The topological polar surface area (TPSA) is 29.1 Å². The van der Waals surface area contributed by atoms with E-state index in [0.29, 0.717) is 5.92 Å². The van der Waals surface area contributed by atoms with Gasteiger partial charge in [0, 0.05) is 35.4 Å². The van der Waals surface area contributed by atoms with Crippen molar-refractivity contribution in [2.75, 3.05) is 18.8 Å². The van der Waals surface area contributed by atoms with Crippen molar-refractivity contribution in [2.24, 2.45) is 5.92 Å². The number of thiophene rings is 1. The van der Waals surface area contributed by atoms with E-state index in [-0.39, 0.29) is 0 Å². The predicted octanol–water partition coefficient (Wildman–Crippen LogP) is 1.22. The Balaban J connectivity index is 1.78. The van der Waals surface area contributed by atoms with Crippen molar-refractivity contribution in [1.82, 2.24) is 5.32 Å². The molecule has 1 aromatic rings. The minimum Gasteiger partial charge on any atom is -0.316 e. The Morgan fingerprint density at radius 3 is 3.00 bits per heavy atom. The fourth-order valence-corrected chi connectivity index (χ4v) is 3.55. The van der Waals surface area contributed by atoms with Crippen molar-refractivity contribution >= 4 is 22.1 Å². The maximum atomic E-state index is 11.6. The van der Waals surface area contributed by atoms with E-state index in [1.165, 1.54) is 5.56 Å². The van der Waals surface area contributed by atoms with E-state index in [0.717, 1.165) is 24.6 Å². The zero-order valence-corrected chi connectivity index (χ0v) is 9.00. The quantitative estimate of drug-likeness (QED) is 0.818. The van der Waals surface area contributed by atoms with Gasteiger partial charge in [-0.2, -0.15) is 11.3 Å². The Hall–Kier alpha value is -0.190. The first-order chi connectivity index (χ1) is 6.34. The molecule has 1 aliphatic heterocycles. The summed E-state index contributed by atoms with van der Waals surface area (Å²) in [5.41, 5.74) is 1.22. The summed E-state index contributed by atoms with van der Waals surface area (Å²) in [6.07, 6.45) is 0. The zero-order chi connectivity index (χ0) is 9.10. The summed E-state index contributed by atoms with van der Waals surface area (Å²) >= 11 is 1.67. The van der Waals surface area contributed by atoms with E-state index in [2.05, 4.69) is 16.8 Å². The van der Waals surface area contributed by atoms with Gasteiger partial charge in [0.15, 0.2) is 0 Å². The highest BCUT2D eigenvalue weighted by atomic mass is 32.2. The molecule has 4 heteroatoms. The van der Waals surface area contributed by atoms with Crippen LogP contribution >= 0.6 is 11.3 Å². The summed E-state index contributed by atoms with van der Waals surface area (Å²) in [6.45, 7) is 2.10. The highest BCUT2D eigenvalue weighted by Gasteiger charge is 2.19. The van der Waals surface area contributed by atoms with Gasteiger partial charge in [0.05, 0.1) is 0 Å². The minimum atomic E-state index is -0.661. The molecule has 0 amide bonds. The fraction of sp³-hybridized carbons (Fsp3) is 0.556. The largest absolute Gasteiger partial charge is 0.316 e. The van der Waals surface area contributed by atoms with Crippen molar-refractivity contribution in [2.45, 2.75) is 5.75 Å². The second-order valence-corrected chi connectivity index (χ2v) is 5.69. The van der Waals surface area contributed by atoms with Gasteiger partial charge in [-0.3, -0.25) is 4.21 Å². The number of hydrogen-bond donors (Lipinski definition) is 1. The second-order valence-electron chi connectivity index (χ2n) is 3.41. The molecular formula is C9H13NOS2. The summed E-state index contributed by atoms with van der Waals surface area (Å²) in [5.74, 6) is 2.25. The zero-order valence-electron chi connectivity index (χ0n) is 7.36. The van der Waals surface area contributed by atoms with Gasteiger partial charge in [-0.25, -0.2) is 0 Å². The van der Waals surface area contributed by atoms with Gasteiger partial charge in [-0.05, 0) is 28.3 Å². The molecule has 0 radical (unpaired) electrons. The molecule has 1 N–H and O–H groups in total. The van der Waals surface area contributed by atoms with Crippen molar-refractivity contribution in [3.63, 3.8) is 0 Å². The van der Waals surface area contributed by atoms with E-state index in [4.69, 9.17) is 0 Å². The average molecular weight is 215 g/mol. The van der Waals surface area contributed by atoms with Gasteiger partial charge in [-0.1, -0.05) is 0 Å². The van der Waals surface area contributed by atoms with Gasteiger partial charge >= 0.3 is 0 Å². The minimum absolute atomic E-state index is 0.652. The van der Waals surface area contributed by atoms with Crippen LogP contribution in [0, 0.1) is 5.92 Å². The first kappa shape index (κ1) is 9.37. The number of hydrogen-bond acceptors (Lipinski definition) is 3. The third-order valence-electron chi connectivity index (χ3n) is 2.20. The Bertz CT molecular complexity index is 280. The Kier molecular flexibility index (Phi) is 3.14. The Morgan fingerprint density at radius 1 is 1.62 bits per heavy atom. The maximum absolute atomic E-state index is 11.6. The summed E-state index contributed by atoms with van der Waals surface area (Å²) in [4.78, 5) is 0. The fourth-order valence-electron chi connectivity index (χ4n) is 1.35. The van der Waals surface area contributed by atoms with Crippen molar-refractivity contribution < 1.29 is 4.21 Å². The molecule has 0 aromatic carbocycles. The van der Waals surface area contributed by atoms with Crippen LogP contribution in [0.4, 0.5) is 0 Å². The molecular weight excluding hydrogens is 202 g/mol. The molecule has 0 spiro atoms. The molecule has 0 saturated carbocycles. The molecule has 1 aromatic heterocycles. The van der Waals surface area contributed by atoms with Crippen LogP contribution in [0.1, 0.15) is 5.56 Å². The summed E-state index contributed by atoms with van der Waals surface area (Å²) in [7, 11) is -0.661. The van der Waals surface area contributed by atoms with E-state index in [1.807, 2.05) is 5.38 Å². The lowest BCUT2D eigenvalue weighted by Gasteiger charge is -2.26. The highest BCUT2D eigenvalue weighted by molar-refractivity contribution is 7.84. The molecule has 1 fully saturated rings. The Morgan fingerprint density at radius 2 is 2.46 bits per heavy atom. The highest BCUT2D eigenvalue weighted by Crippen LogP contribution is 2.11. The molecule has 0 aliphatic carbocycles. The lowest BCUT2D eigenvalue weighted by Crippen LogP contribution is -2.44. The lowest BCUT2D eigenvalue weighted by atomic mass is 10.1. The molecule has 72 valence electrons. The smallest absolute Gasteiger partial charge is 0.0494 e. The molecule has 1 atom stereocenters. The maximum Gasteiger partial charge on any atom is 0.0494 e. The van der Waals surface area contributed by atoms with Crippen LogP contribution in [0.25, 0.3) is 0 Å². The first-order valence-electron chi connectivity index (χ1n) is 4.41. The molecule has 0 bridgehead atoms. The van der Waals surface area contributed by atoms with Crippen molar-refractivity contribution in [3.8, 4) is 0 Å². The average Bonchev–Trinajstić information content (AvgIpc) is 2.49. The number of nitrogens with one attached hydrogen (secondary N) is 1. The van der Waals surface area contributed by atoms with Crippen molar-refractivity contribution in [1.29, 1.82) is 0 Å². The summed E-state index contributed by atoms with van der Waals surface area (Å²) in [6, 6.07) is 2.06. The van der Waals surface area contributed by atoms with E-state index < -0.39 is 10.8 Å². The molecule has 1 unspecified atom stereocenters. The molecule has 1 aliphatic rings. The molecule has 2 heterocycles. The third kappa shape index (κ3) is 2.62. The standard InChI is InChI=1S/C9H13NOS2/c11-13(7-9-3-10-4-9)6-8-1-2-12-5-8/h1-2,5,9-10H,3-4,6-7H2. The third-order valence-corrected chi connectivity index (χ3v) is 4.43. The first-order valence-corrected chi connectivity index (χ1v) is 6.84. The molecule has 2 rings (SSSR count). The predicted molar refractivity (Wildman–Crippen MR) is 57.4 cm³/mol. The van der Waals surface area contributed by atoms with Crippen LogP contribution in [-0.2, 0) is 16.6 Å². The normalized spacial score (nSPS) is 19.7. The number of rotatable bonds is 4. The van der Waals surface area contributed by atoms with Crippen LogP contribution in [0.5, 0.6) is 0 Å². The monoisotopic (exact) mass is 215 g/mol. The van der Waals surface area contributed by atoms with Gasteiger partial charge in [0.1, 0.15) is 0 Å². The summed E-state index contributed by atoms with van der Waals surface area (Å²) < 4.78 is 11.6.